The molecule has 1 unspecified atom stereocenters. The number of hydrogen-bond donors (Lipinski definition) is 1. The first kappa shape index (κ1) is 29.2. The van der Waals surface area contributed by atoms with Gasteiger partial charge in [-0.15, -0.1) is 0 Å². The van der Waals surface area contributed by atoms with Gasteiger partial charge in [-0.05, 0) is 67.6 Å². The first-order valence-corrected chi connectivity index (χ1v) is 17.3. The predicted octanol–water partition coefficient (Wildman–Crippen LogP) is 11.7. The molecule has 0 fully saturated rings. The summed E-state index contributed by atoms with van der Waals surface area (Å²) in [7, 11) is 0. The van der Waals surface area contributed by atoms with Crippen LogP contribution in [0, 0.1) is 0 Å². The topological polar surface area (TPSA) is 49.9 Å². The summed E-state index contributed by atoms with van der Waals surface area (Å²) in [5.41, 5.74) is 9.35. The molecule has 10 rings (SSSR count). The van der Waals surface area contributed by atoms with E-state index in [2.05, 4.69) is 151 Å². The minimum atomic E-state index is -0.333. The Bertz CT molecular complexity index is 2820. The highest BCUT2D eigenvalue weighted by molar-refractivity contribution is 6.22. The van der Waals surface area contributed by atoms with E-state index >= 15 is 0 Å². The molecule has 1 aliphatic heterocycles. The average molecular weight is 654 g/mol. The maximum Gasteiger partial charge on any atom is 0.160 e. The van der Waals surface area contributed by atoms with Crippen LogP contribution in [0.2, 0.25) is 0 Å². The van der Waals surface area contributed by atoms with Gasteiger partial charge < -0.3 is 9.73 Å². The monoisotopic (exact) mass is 653 g/mol. The maximum atomic E-state index is 6.55. The van der Waals surface area contributed by atoms with Gasteiger partial charge in [-0.2, -0.15) is 0 Å². The van der Waals surface area contributed by atoms with Crippen molar-refractivity contribution in [1.29, 1.82) is 0 Å². The van der Waals surface area contributed by atoms with Crippen LogP contribution >= 0.6 is 0 Å². The van der Waals surface area contributed by atoms with Crippen molar-refractivity contribution in [3.05, 3.63) is 193 Å². The Balaban J connectivity index is 1.08. The number of rotatable bonds is 5. The molecule has 51 heavy (non-hydrogen) atoms. The summed E-state index contributed by atoms with van der Waals surface area (Å²) in [6.45, 7) is 0. The molecule has 4 heteroatoms. The molecule has 1 aromatic heterocycles. The largest absolute Gasteiger partial charge is 0.456 e. The van der Waals surface area contributed by atoms with E-state index in [1.165, 1.54) is 38.2 Å². The SMILES string of the molecule is c1ccc(C2=NC(c3cccc4oc5cc(-c6cccc7ccccc67)ccc5c34)=NC(c3ccc(-c4cccc5ccccc45)cc3)N2)cc1. The van der Waals surface area contributed by atoms with Crippen LogP contribution in [-0.2, 0) is 0 Å². The van der Waals surface area contributed by atoms with Crippen molar-refractivity contribution in [3.8, 4) is 22.3 Å². The molecule has 0 saturated heterocycles. The molecule has 0 bridgehead atoms. The van der Waals surface area contributed by atoms with Crippen LogP contribution in [0.1, 0.15) is 22.9 Å². The lowest BCUT2D eigenvalue weighted by molar-refractivity contribution is 0.668. The Labute approximate surface area is 295 Å². The third kappa shape index (κ3) is 5.08. The average Bonchev–Trinajstić information content (AvgIpc) is 3.59. The van der Waals surface area contributed by atoms with Crippen LogP contribution in [0.3, 0.4) is 0 Å². The molecule has 4 nitrogen and oxygen atoms in total. The predicted molar refractivity (Wildman–Crippen MR) is 211 cm³/mol. The molecule has 0 amide bonds. The number of amidine groups is 2. The standard InChI is InChI=1S/C47H31N3O/c1-2-13-33(14-3-1)45-48-46(34-25-23-32(24-26-34)38-19-8-15-30-11-4-6-17-36(30)38)50-47(49-45)41-21-10-22-42-44(41)40-28-27-35(29-43(40)51-42)39-20-9-16-31-12-5-7-18-37(31)39/h1-29,46H,(H,48,49,50). The van der Waals surface area contributed by atoms with Gasteiger partial charge in [0.25, 0.3) is 0 Å². The highest BCUT2D eigenvalue weighted by atomic mass is 16.3. The van der Waals surface area contributed by atoms with Gasteiger partial charge in [-0.25, -0.2) is 9.98 Å². The zero-order chi connectivity index (χ0) is 33.7. The van der Waals surface area contributed by atoms with E-state index < -0.39 is 0 Å². The van der Waals surface area contributed by atoms with Crippen LogP contribution in [-0.4, -0.2) is 11.7 Å². The first-order valence-electron chi connectivity index (χ1n) is 17.3. The molecule has 240 valence electrons. The molecule has 2 heterocycles. The summed E-state index contributed by atoms with van der Waals surface area (Å²) in [6, 6.07) is 61.6. The van der Waals surface area contributed by atoms with Gasteiger partial charge in [-0.1, -0.05) is 158 Å². The Hall–Kier alpha value is -6.78. The van der Waals surface area contributed by atoms with Gasteiger partial charge >= 0.3 is 0 Å². The number of nitrogens with zero attached hydrogens (tertiary/aromatic N) is 2. The van der Waals surface area contributed by atoms with Crippen molar-refractivity contribution in [2.75, 3.05) is 0 Å². The fourth-order valence-corrected chi connectivity index (χ4v) is 7.46. The number of fused-ring (bicyclic) bond motifs is 5. The van der Waals surface area contributed by atoms with Crippen molar-refractivity contribution >= 4 is 55.2 Å². The molecule has 8 aromatic carbocycles. The fraction of sp³-hybridized carbons (Fsp3) is 0.0213. The Morgan fingerprint density at radius 2 is 1.06 bits per heavy atom. The smallest absolute Gasteiger partial charge is 0.160 e. The minimum absolute atomic E-state index is 0.333. The third-order valence-corrected chi connectivity index (χ3v) is 9.96. The van der Waals surface area contributed by atoms with Crippen molar-refractivity contribution in [2.45, 2.75) is 6.17 Å². The van der Waals surface area contributed by atoms with E-state index in [-0.39, 0.29) is 6.17 Å². The van der Waals surface area contributed by atoms with Crippen molar-refractivity contribution in [3.63, 3.8) is 0 Å². The van der Waals surface area contributed by atoms with Gasteiger partial charge in [-0.3, -0.25) is 0 Å². The van der Waals surface area contributed by atoms with Crippen LogP contribution in [0.25, 0.3) is 65.7 Å². The molecule has 1 N–H and O–H groups in total. The van der Waals surface area contributed by atoms with E-state index in [0.29, 0.717) is 5.84 Å². The number of benzene rings is 8. The quantitative estimate of drug-likeness (QED) is 0.201. The van der Waals surface area contributed by atoms with Crippen molar-refractivity contribution in [1.82, 2.24) is 5.32 Å². The van der Waals surface area contributed by atoms with Gasteiger partial charge in [0, 0.05) is 21.9 Å². The molecule has 0 saturated carbocycles. The second-order valence-electron chi connectivity index (χ2n) is 13.0. The number of aliphatic imine (C=N–C) groups is 2. The Kier molecular flexibility index (Phi) is 6.85. The van der Waals surface area contributed by atoms with Gasteiger partial charge in [0.15, 0.2) is 5.84 Å². The lowest BCUT2D eigenvalue weighted by atomic mass is 9.96. The summed E-state index contributed by atoms with van der Waals surface area (Å²) >= 11 is 0. The summed E-state index contributed by atoms with van der Waals surface area (Å²) in [5.74, 6) is 1.45. The second-order valence-corrected chi connectivity index (χ2v) is 13.0. The summed E-state index contributed by atoms with van der Waals surface area (Å²) in [5, 5.41) is 10.6. The van der Waals surface area contributed by atoms with E-state index in [1.807, 2.05) is 30.3 Å². The van der Waals surface area contributed by atoms with Crippen LogP contribution < -0.4 is 5.32 Å². The van der Waals surface area contributed by atoms with Crippen LogP contribution in [0.15, 0.2) is 190 Å². The second kappa shape index (κ2) is 12.0. The highest BCUT2D eigenvalue weighted by Crippen LogP contribution is 2.37. The van der Waals surface area contributed by atoms with E-state index in [4.69, 9.17) is 14.4 Å². The molecule has 0 spiro atoms. The molecule has 0 aliphatic carbocycles. The number of furan rings is 1. The molecule has 9 aromatic rings. The Morgan fingerprint density at radius 1 is 0.451 bits per heavy atom. The zero-order valence-electron chi connectivity index (χ0n) is 27.6. The zero-order valence-corrected chi connectivity index (χ0v) is 27.6. The molecule has 1 atom stereocenters. The lowest BCUT2D eigenvalue weighted by Gasteiger charge is -2.24. The summed E-state index contributed by atoms with van der Waals surface area (Å²) in [6.07, 6.45) is -0.333. The van der Waals surface area contributed by atoms with Crippen molar-refractivity contribution in [2.24, 2.45) is 9.98 Å². The van der Waals surface area contributed by atoms with Gasteiger partial charge in [0.2, 0.25) is 0 Å². The fourth-order valence-electron chi connectivity index (χ4n) is 7.46. The first-order chi connectivity index (χ1) is 25.3. The van der Waals surface area contributed by atoms with Gasteiger partial charge in [0.05, 0.1) is 0 Å². The van der Waals surface area contributed by atoms with Gasteiger partial charge in [0.1, 0.15) is 23.2 Å². The number of hydrogen-bond acceptors (Lipinski definition) is 4. The molecule has 1 aliphatic rings. The minimum Gasteiger partial charge on any atom is -0.456 e. The molecular weight excluding hydrogens is 623 g/mol. The lowest BCUT2D eigenvalue weighted by Crippen LogP contribution is -2.33. The number of nitrogens with one attached hydrogen (secondary N) is 1. The van der Waals surface area contributed by atoms with E-state index in [1.54, 1.807) is 0 Å². The molecular formula is C47H31N3O. The summed E-state index contributed by atoms with van der Waals surface area (Å²) < 4.78 is 6.55. The summed E-state index contributed by atoms with van der Waals surface area (Å²) in [4.78, 5) is 10.4. The van der Waals surface area contributed by atoms with E-state index in [9.17, 15) is 0 Å². The van der Waals surface area contributed by atoms with Crippen molar-refractivity contribution < 1.29 is 4.42 Å². The third-order valence-electron chi connectivity index (χ3n) is 9.96. The highest BCUT2D eigenvalue weighted by Gasteiger charge is 2.24. The van der Waals surface area contributed by atoms with E-state index in [0.717, 1.165) is 50.0 Å². The van der Waals surface area contributed by atoms with Crippen LogP contribution in [0.4, 0.5) is 0 Å². The normalized spacial score (nSPS) is 14.5. The Morgan fingerprint density at radius 3 is 1.80 bits per heavy atom. The molecule has 0 radical (unpaired) electrons. The van der Waals surface area contributed by atoms with Crippen LogP contribution in [0.5, 0.6) is 0 Å². The maximum absolute atomic E-state index is 6.55.